The van der Waals surface area contributed by atoms with E-state index in [2.05, 4.69) is 26.1 Å². The molecule has 138 valence electrons. The molecule has 0 aromatic heterocycles. The van der Waals surface area contributed by atoms with Gasteiger partial charge in [-0.25, -0.2) is 0 Å². The van der Waals surface area contributed by atoms with Gasteiger partial charge in [0, 0.05) is 15.6 Å². The quantitative estimate of drug-likeness (QED) is 0.485. The number of fused-ring (bicyclic) bond motifs is 1. The average molecular weight is 434 g/mol. The Morgan fingerprint density at radius 2 is 1.75 bits per heavy atom. The summed E-state index contributed by atoms with van der Waals surface area (Å²) in [6.45, 7) is 0.464. The van der Waals surface area contributed by atoms with Crippen molar-refractivity contribution in [3.8, 4) is 5.75 Å². The molecule has 1 N–H and O–H groups in total. The van der Waals surface area contributed by atoms with Crippen LogP contribution in [0.4, 0.5) is 5.69 Å². The molecule has 3 aromatic rings. The van der Waals surface area contributed by atoms with Gasteiger partial charge in [0.25, 0.3) is 5.91 Å². The van der Waals surface area contributed by atoms with E-state index < -0.39 is 0 Å². The number of nitrogens with zero attached hydrogens (tertiary/aromatic N) is 3. The first-order valence-electron chi connectivity index (χ1n) is 8.68. The lowest BCUT2D eigenvalue weighted by Gasteiger charge is -2.16. The highest BCUT2D eigenvalue weighted by Gasteiger charge is 2.33. The van der Waals surface area contributed by atoms with Crippen molar-refractivity contribution in [2.75, 3.05) is 4.90 Å². The second kappa shape index (κ2) is 7.78. The molecule has 4 rings (SSSR count). The number of rotatable bonds is 4. The summed E-state index contributed by atoms with van der Waals surface area (Å²) >= 11 is 3.36. The van der Waals surface area contributed by atoms with Crippen LogP contribution in [0.1, 0.15) is 16.7 Å². The van der Waals surface area contributed by atoms with E-state index in [1.807, 2.05) is 54.6 Å². The molecule has 1 aliphatic rings. The Kier molecular flexibility index (Phi) is 5.04. The molecule has 1 amide bonds. The van der Waals surface area contributed by atoms with Crippen molar-refractivity contribution in [1.82, 2.24) is 0 Å². The Balaban J connectivity index is 1.66. The lowest BCUT2D eigenvalue weighted by Crippen LogP contribution is -2.29. The number of aromatic hydroxyl groups is 1. The monoisotopic (exact) mass is 433 g/mol. The van der Waals surface area contributed by atoms with Crippen molar-refractivity contribution in [2.24, 2.45) is 10.2 Å². The van der Waals surface area contributed by atoms with Gasteiger partial charge in [-0.05, 0) is 29.8 Å². The van der Waals surface area contributed by atoms with Crippen LogP contribution < -0.4 is 4.90 Å². The number of carbonyl (C=O) groups is 1. The minimum Gasteiger partial charge on any atom is -0.507 e. The number of phenolic OH excluding ortho intramolecular Hbond substituents is 1. The summed E-state index contributed by atoms with van der Waals surface area (Å²) < 4.78 is 0.815. The molecular weight excluding hydrogens is 418 g/mol. The molecule has 0 spiro atoms. The van der Waals surface area contributed by atoms with Crippen molar-refractivity contribution in [2.45, 2.75) is 6.54 Å². The molecule has 0 saturated heterocycles. The molecular formula is C22H16BrN3O2. The Bertz CT molecular complexity index is 1090. The summed E-state index contributed by atoms with van der Waals surface area (Å²) in [5.41, 5.74) is 3.40. The predicted octanol–water partition coefficient (Wildman–Crippen LogP) is 4.52. The fourth-order valence-electron chi connectivity index (χ4n) is 3.06. The van der Waals surface area contributed by atoms with E-state index in [1.54, 1.807) is 23.1 Å². The molecule has 28 heavy (non-hydrogen) atoms. The van der Waals surface area contributed by atoms with Crippen molar-refractivity contribution < 1.29 is 9.90 Å². The summed E-state index contributed by atoms with van der Waals surface area (Å²) in [5, 5.41) is 18.1. The Hall–Kier alpha value is -3.25. The van der Waals surface area contributed by atoms with E-state index >= 15 is 0 Å². The lowest BCUT2D eigenvalue weighted by atomic mass is 10.1. The molecule has 6 heteroatoms. The summed E-state index contributed by atoms with van der Waals surface area (Å²) in [6, 6.07) is 22.4. The second-order valence-electron chi connectivity index (χ2n) is 6.29. The summed E-state index contributed by atoms with van der Waals surface area (Å²) in [7, 11) is 0. The first-order chi connectivity index (χ1) is 13.6. The van der Waals surface area contributed by atoms with Crippen molar-refractivity contribution in [1.29, 1.82) is 0 Å². The molecule has 0 aliphatic carbocycles. The van der Waals surface area contributed by atoms with Crippen LogP contribution in [0.15, 0.2) is 87.5 Å². The van der Waals surface area contributed by atoms with Crippen LogP contribution in [0.3, 0.4) is 0 Å². The normalized spacial score (nSPS) is 14.8. The van der Waals surface area contributed by atoms with Crippen LogP contribution in [0.5, 0.6) is 5.75 Å². The van der Waals surface area contributed by atoms with Gasteiger partial charge in [0.05, 0.1) is 18.4 Å². The largest absolute Gasteiger partial charge is 0.507 e. The molecule has 5 nitrogen and oxygen atoms in total. The summed E-state index contributed by atoms with van der Waals surface area (Å²) in [4.78, 5) is 14.7. The van der Waals surface area contributed by atoms with E-state index in [9.17, 15) is 9.90 Å². The highest BCUT2D eigenvalue weighted by atomic mass is 79.9. The fourth-order valence-corrected chi connectivity index (χ4v) is 3.44. The standard InChI is InChI=1S/C22H16BrN3O2/c23-17-10-11-20(27)16(12-17)13-24-25-21-18-8-4-5-9-19(18)26(22(21)28)14-15-6-2-1-3-7-15/h1-13,27H,14H2/b24-13+,25-21+. The number of halogens is 1. The minimum atomic E-state index is -0.194. The van der Waals surface area contributed by atoms with Gasteiger partial charge in [0.2, 0.25) is 0 Å². The second-order valence-corrected chi connectivity index (χ2v) is 7.21. The van der Waals surface area contributed by atoms with Crippen LogP contribution in [0.25, 0.3) is 0 Å². The predicted molar refractivity (Wildman–Crippen MR) is 114 cm³/mol. The number of benzene rings is 3. The van der Waals surface area contributed by atoms with Gasteiger partial charge in [-0.3, -0.25) is 4.79 Å². The van der Waals surface area contributed by atoms with Crippen LogP contribution in [0, 0.1) is 0 Å². The Labute approximate surface area is 170 Å². The first-order valence-corrected chi connectivity index (χ1v) is 9.47. The topological polar surface area (TPSA) is 65.3 Å². The number of hydrogen-bond donors (Lipinski definition) is 1. The molecule has 1 aliphatic heterocycles. The van der Waals surface area contributed by atoms with Crippen LogP contribution in [0.2, 0.25) is 0 Å². The van der Waals surface area contributed by atoms with E-state index in [-0.39, 0.29) is 17.4 Å². The summed E-state index contributed by atoms with van der Waals surface area (Å²) in [5.74, 6) is -0.100. The number of carbonyl (C=O) groups excluding carboxylic acids is 1. The Morgan fingerprint density at radius 1 is 1.00 bits per heavy atom. The minimum absolute atomic E-state index is 0.0935. The molecule has 0 fully saturated rings. The molecule has 0 unspecified atom stereocenters. The smallest absolute Gasteiger partial charge is 0.279 e. The molecule has 0 bridgehead atoms. The zero-order valence-electron chi connectivity index (χ0n) is 14.8. The van der Waals surface area contributed by atoms with E-state index in [0.717, 1.165) is 21.3 Å². The number of para-hydroxylation sites is 1. The third-order valence-electron chi connectivity index (χ3n) is 4.43. The molecule has 0 radical (unpaired) electrons. The fraction of sp³-hybridized carbons (Fsp3) is 0.0455. The third kappa shape index (κ3) is 3.59. The van der Waals surface area contributed by atoms with Crippen molar-refractivity contribution in [3.05, 3.63) is 94.0 Å². The number of anilines is 1. The van der Waals surface area contributed by atoms with Crippen LogP contribution >= 0.6 is 15.9 Å². The third-order valence-corrected chi connectivity index (χ3v) is 4.92. The maximum atomic E-state index is 13.0. The maximum absolute atomic E-state index is 13.0. The zero-order chi connectivity index (χ0) is 19.5. The van der Waals surface area contributed by atoms with Crippen LogP contribution in [-0.2, 0) is 11.3 Å². The first kappa shape index (κ1) is 18.1. The van der Waals surface area contributed by atoms with Gasteiger partial charge >= 0.3 is 0 Å². The highest BCUT2D eigenvalue weighted by molar-refractivity contribution is 9.10. The number of amides is 1. The van der Waals surface area contributed by atoms with Gasteiger partial charge in [-0.1, -0.05) is 64.5 Å². The zero-order valence-corrected chi connectivity index (χ0v) is 16.4. The number of hydrogen-bond acceptors (Lipinski definition) is 4. The van der Waals surface area contributed by atoms with Gasteiger partial charge < -0.3 is 10.0 Å². The molecule has 0 saturated carbocycles. The van der Waals surface area contributed by atoms with Gasteiger partial charge in [0.1, 0.15) is 5.75 Å². The van der Waals surface area contributed by atoms with Gasteiger partial charge in [-0.2, -0.15) is 5.10 Å². The van der Waals surface area contributed by atoms with Crippen molar-refractivity contribution in [3.63, 3.8) is 0 Å². The number of phenols is 1. The average Bonchev–Trinajstić information content (AvgIpc) is 2.97. The maximum Gasteiger partial charge on any atom is 0.279 e. The van der Waals surface area contributed by atoms with Crippen molar-refractivity contribution >= 4 is 39.5 Å². The SMILES string of the molecule is O=C1/C(=N/N=C/c2cc(Br)ccc2O)c2ccccc2N1Cc1ccccc1. The van der Waals surface area contributed by atoms with E-state index in [4.69, 9.17) is 0 Å². The van der Waals surface area contributed by atoms with Gasteiger partial charge in [0.15, 0.2) is 5.71 Å². The lowest BCUT2D eigenvalue weighted by molar-refractivity contribution is -0.112. The highest BCUT2D eigenvalue weighted by Crippen LogP contribution is 2.30. The molecule has 0 atom stereocenters. The Morgan fingerprint density at radius 3 is 2.57 bits per heavy atom. The van der Waals surface area contributed by atoms with E-state index in [1.165, 1.54) is 6.21 Å². The molecule has 1 heterocycles. The summed E-state index contributed by atoms with van der Waals surface area (Å²) in [6.07, 6.45) is 1.43. The van der Waals surface area contributed by atoms with E-state index in [0.29, 0.717) is 12.1 Å². The molecule has 3 aromatic carbocycles. The van der Waals surface area contributed by atoms with Crippen LogP contribution in [-0.4, -0.2) is 22.9 Å². The van der Waals surface area contributed by atoms with Gasteiger partial charge in [-0.15, -0.1) is 5.10 Å².